The van der Waals surface area contributed by atoms with Gasteiger partial charge < -0.3 is 4.98 Å². The van der Waals surface area contributed by atoms with Gasteiger partial charge in [0.25, 0.3) is 0 Å². The minimum atomic E-state index is 0.469. The lowest BCUT2D eigenvalue weighted by molar-refractivity contribution is 0.303. The smallest absolute Gasteiger partial charge is 0.123 e. The highest BCUT2D eigenvalue weighted by atomic mass is 15.2. The monoisotopic (exact) mass is 267 g/mol. The van der Waals surface area contributed by atoms with Gasteiger partial charge in [0, 0.05) is 6.54 Å². The Labute approximate surface area is 120 Å². The fourth-order valence-electron chi connectivity index (χ4n) is 3.50. The number of rotatable bonds is 2. The average Bonchev–Trinajstić information content (AvgIpc) is 2.87. The first-order chi connectivity index (χ1) is 9.65. The van der Waals surface area contributed by atoms with E-state index in [-0.39, 0.29) is 0 Å². The van der Waals surface area contributed by atoms with Crippen molar-refractivity contribution >= 4 is 0 Å². The van der Waals surface area contributed by atoms with Crippen molar-refractivity contribution in [1.82, 2.24) is 14.9 Å². The number of hydrogen-bond donors (Lipinski definition) is 1. The van der Waals surface area contributed by atoms with E-state index in [9.17, 15) is 0 Å². The summed E-state index contributed by atoms with van der Waals surface area (Å²) in [6.07, 6.45) is 6.05. The summed E-state index contributed by atoms with van der Waals surface area (Å²) in [6.45, 7) is 3.35. The molecule has 0 radical (unpaired) electrons. The number of nitrogens with zero attached hydrogens (tertiary/aromatic N) is 2. The zero-order chi connectivity index (χ0) is 13.7. The number of nitrogens with one attached hydrogen (secondary N) is 1. The first kappa shape index (κ1) is 12.2. The van der Waals surface area contributed by atoms with E-state index in [1.54, 1.807) is 0 Å². The number of hydrogen-bond acceptors (Lipinski definition) is 2. The summed E-state index contributed by atoms with van der Waals surface area (Å²) in [6, 6.07) is 9.09. The largest absolute Gasteiger partial charge is 0.341 e. The molecule has 1 aliphatic heterocycles. The highest BCUT2D eigenvalue weighted by molar-refractivity contribution is 5.58. The van der Waals surface area contributed by atoms with Crippen LogP contribution < -0.4 is 0 Å². The van der Waals surface area contributed by atoms with Gasteiger partial charge in [-0.1, -0.05) is 29.8 Å². The lowest BCUT2D eigenvalue weighted by Gasteiger charge is -2.16. The Morgan fingerprint density at radius 3 is 2.65 bits per heavy atom. The Kier molecular flexibility index (Phi) is 2.55. The molecule has 20 heavy (non-hydrogen) atoms. The highest BCUT2D eigenvalue weighted by Crippen LogP contribution is 2.57. The Hall–Kier alpha value is -1.61. The van der Waals surface area contributed by atoms with Crippen LogP contribution in [0.1, 0.15) is 36.7 Å². The van der Waals surface area contributed by atoms with Gasteiger partial charge in [-0.25, -0.2) is 4.98 Å². The minimum Gasteiger partial charge on any atom is -0.341 e. The summed E-state index contributed by atoms with van der Waals surface area (Å²) < 4.78 is 0. The van der Waals surface area contributed by atoms with Gasteiger partial charge in [-0.15, -0.1) is 0 Å². The standard InChI is InChI=1S/C17H21N3/c1-12-3-5-13(6-4-12)14-10-18-16(19-14)15-9-17(7-8-17)11-20(15)2/h3-6,10,15H,7-9,11H2,1-2H3,(H,18,19)/t15-/m0/s1. The molecular weight excluding hydrogens is 246 g/mol. The van der Waals surface area contributed by atoms with Gasteiger partial charge in [-0.3, -0.25) is 4.90 Å². The lowest BCUT2D eigenvalue weighted by atomic mass is 10.0. The van der Waals surface area contributed by atoms with Crippen molar-refractivity contribution < 1.29 is 0 Å². The van der Waals surface area contributed by atoms with Gasteiger partial charge in [0.15, 0.2) is 0 Å². The van der Waals surface area contributed by atoms with Crippen molar-refractivity contribution in [2.45, 2.75) is 32.2 Å². The second-order valence-electron chi connectivity index (χ2n) is 6.68. The van der Waals surface area contributed by atoms with E-state index in [1.807, 2.05) is 6.20 Å². The van der Waals surface area contributed by atoms with Crippen molar-refractivity contribution in [3.8, 4) is 11.3 Å². The van der Waals surface area contributed by atoms with E-state index >= 15 is 0 Å². The quantitative estimate of drug-likeness (QED) is 0.902. The van der Waals surface area contributed by atoms with Crippen molar-refractivity contribution in [1.29, 1.82) is 0 Å². The van der Waals surface area contributed by atoms with E-state index < -0.39 is 0 Å². The van der Waals surface area contributed by atoms with E-state index in [2.05, 4.69) is 53.1 Å². The summed E-state index contributed by atoms with van der Waals surface area (Å²) in [7, 11) is 2.23. The van der Waals surface area contributed by atoms with Crippen LogP contribution in [0.4, 0.5) is 0 Å². The van der Waals surface area contributed by atoms with Crippen molar-refractivity contribution in [3.05, 3.63) is 41.9 Å². The topological polar surface area (TPSA) is 31.9 Å². The van der Waals surface area contributed by atoms with Gasteiger partial charge in [0.05, 0.1) is 17.9 Å². The van der Waals surface area contributed by atoms with Crippen LogP contribution in [-0.2, 0) is 0 Å². The molecule has 1 saturated heterocycles. The molecule has 3 nitrogen and oxygen atoms in total. The van der Waals surface area contributed by atoms with Crippen molar-refractivity contribution in [3.63, 3.8) is 0 Å². The highest BCUT2D eigenvalue weighted by Gasteiger charge is 2.51. The average molecular weight is 267 g/mol. The molecule has 1 aliphatic carbocycles. The second-order valence-corrected chi connectivity index (χ2v) is 6.68. The van der Waals surface area contributed by atoms with Gasteiger partial charge in [-0.05, 0) is 44.2 Å². The molecule has 2 heterocycles. The Balaban J connectivity index is 1.60. The Morgan fingerprint density at radius 1 is 1.25 bits per heavy atom. The van der Waals surface area contributed by atoms with Crippen LogP contribution in [-0.4, -0.2) is 28.5 Å². The number of aromatic nitrogens is 2. The normalized spacial score (nSPS) is 24.4. The number of imidazole rings is 1. The molecule has 0 unspecified atom stereocenters. The second kappa shape index (κ2) is 4.19. The molecule has 2 fully saturated rings. The maximum Gasteiger partial charge on any atom is 0.123 e. The number of aromatic amines is 1. The van der Waals surface area contributed by atoms with E-state index in [0.29, 0.717) is 11.5 Å². The van der Waals surface area contributed by atoms with Crippen LogP contribution in [0.2, 0.25) is 0 Å². The fraction of sp³-hybridized carbons (Fsp3) is 0.471. The molecular formula is C17H21N3. The molecule has 2 aromatic rings. The molecule has 1 atom stereocenters. The number of likely N-dealkylation sites (tertiary alicyclic amines) is 1. The summed E-state index contributed by atoms with van der Waals surface area (Å²) in [5.74, 6) is 1.13. The zero-order valence-electron chi connectivity index (χ0n) is 12.2. The molecule has 1 N–H and O–H groups in total. The van der Waals surface area contributed by atoms with E-state index in [0.717, 1.165) is 11.5 Å². The SMILES string of the molecule is Cc1ccc(-c2cnc([C@@H]3CC4(CC4)CN3C)[nH]2)cc1. The molecule has 1 saturated carbocycles. The van der Waals surface area contributed by atoms with Gasteiger partial charge in [-0.2, -0.15) is 0 Å². The molecule has 4 rings (SSSR count). The summed E-state index contributed by atoms with van der Waals surface area (Å²) in [4.78, 5) is 10.6. The van der Waals surface area contributed by atoms with Crippen LogP contribution in [0, 0.1) is 12.3 Å². The fourth-order valence-corrected chi connectivity index (χ4v) is 3.50. The predicted octanol–water partition coefficient (Wildman–Crippen LogP) is 3.54. The van der Waals surface area contributed by atoms with Crippen LogP contribution in [0.5, 0.6) is 0 Å². The van der Waals surface area contributed by atoms with Crippen molar-refractivity contribution in [2.75, 3.05) is 13.6 Å². The zero-order valence-corrected chi connectivity index (χ0v) is 12.2. The van der Waals surface area contributed by atoms with Gasteiger partial charge in [0.1, 0.15) is 5.82 Å². The van der Waals surface area contributed by atoms with Crippen LogP contribution in [0.15, 0.2) is 30.5 Å². The van der Waals surface area contributed by atoms with E-state index in [4.69, 9.17) is 0 Å². The third-order valence-corrected chi connectivity index (χ3v) is 4.97. The molecule has 0 amide bonds. The maximum absolute atomic E-state index is 4.64. The molecule has 0 bridgehead atoms. The summed E-state index contributed by atoms with van der Waals surface area (Å²) >= 11 is 0. The van der Waals surface area contributed by atoms with Gasteiger partial charge in [0.2, 0.25) is 0 Å². The first-order valence-electron chi connectivity index (χ1n) is 7.47. The molecule has 1 spiro atoms. The summed E-state index contributed by atoms with van der Waals surface area (Å²) in [5.41, 5.74) is 4.26. The molecule has 1 aromatic heterocycles. The van der Waals surface area contributed by atoms with Gasteiger partial charge >= 0.3 is 0 Å². The predicted molar refractivity (Wildman–Crippen MR) is 80.4 cm³/mol. The number of H-pyrrole nitrogens is 1. The first-order valence-corrected chi connectivity index (χ1v) is 7.47. The lowest BCUT2D eigenvalue weighted by Crippen LogP contribution is -2.19. The van der Waals surface area contributed by atoms with Crippen molar-refractivity contribution in [2.24, 2.45) is 5.41 Å². The third kappa shape index (κ3) is 1.97. The third-order valence-electron chi connectivity index (χ3n) is 4.97. The number of benzene rings is 1. The van der Waals surface area contributed by atoms with Crippen LogP contribution >= 0.6 is 0 Å². The Morgan fingerprint density at radius 2 is 2.00 bits per heavy atom. The molecule has 104 valence electrons. The molecule has 3 heteroatoms. The minimum absolute atomic E-state index is 0.469. The Bertz CT molecular complexity index is 622. The molecule has 2 aliphatic rings. The molecule has 1 aromatic carbocycles. The number of aryl methyl sites for hydroxylation is 1. The van der Waals surface area contributed by atoms with Crippen LogP contribution in [0.3, 0.4) is 0 Å². The maximum atomic E-state index is 4.64. The summed E-state index contributed by atoms with van der Waals surface area (Å²) in [5, 5.41) is 0. The van der Waals surface area contributed by atoms with Crippen LogP contribution in [0.25, 0.3) is 11.3 Å². The van der Waals surface area contributed by atoms with E-state index in [1.165, 1.54) is 36.9 Å².